The van der Waals surface area contributed by atoms with E-state index in [9.17, 15) is 0 Å². The van der Waals surface area contributed by atoms with E-state index in [0.717, 1.165) is 18.5 Å². The number of hydrogen-bond acceptors (Lipinski definition) is 3. The summed E-state index contributed by atoms with van der Waals surface area (Å²) < 4.78 is 0. The molecular weight excluding hydrogens is 264 g/mol. The van der Waals surface area contributed by atoms with Crippen LogP contribution in [0, 0.1) is 0 Å². The first-order valence-electron chi connectivity index (χ1n) is 7.23. The van der Waals surface area contributed by atoms with Gasteiger partial charge in [0.25, 0.3) is 0 Å². The van der Waals surface area contributed by atoms with E-state index in [1.165, 1.54) is 22.4 Å². The summed E-state index contributed by atoms with van der Waals surface area (Å²) in [7, 11) is 0. The Balaban J connectivity index is 2.21. The summed E-state index contributed by atoms with van der Waals surface area (Å²) in [5.74, 6) is 0. The molecule has 20 heavy (non-hydrogen) atoms. The topological polar surface area (TPSA) is 38.9 Å². The molecule has 1 aromatic carbocycles. The first kappa shape index (κ1) is 15.0. The molecule has 0 saturated carbocycles. The molecule has 2 nitrogen and oxygen atoms in total. The van der Waals surface area contributed by atoms with Crippen LogP contribution in [0.3, 0.4) is 0 Å². The molecule has 0 aliphatic carbocycles. The maximum atomic E-state index is 5.90. The maximum absolute atomic E-state index is 5.90. The molecule has 0 atom stereocenters. The number of nitrogen functional groups attached to an aromatic ring is 1. The second-order valence-corrected chi connectivity index (χ2v) is 7.43. The van der Waals surface area contributed by atoms with Crippen molar-refractivity contribution in [3.8, 4) is 0 Å². The van der Waals surface area contributed by atoms with E-state index >= 15 is 0 Å². The Kier molecular flexibility index (Phi) is 4.48. The molecule has 0 radical (unpaired) electrons. The summed E-state index contributed by atoms with van der Waals surface area (Å²) in [6, 6.07) is 8.93. The standard InChI is InChI=1S/C17H24N2S/c1-5-6-12-7-9-13(10-8-12)11-14-15(17(2,3)4)19-16(18)20-14/h7-10H,5-6,11H2,1-4H3,(H2,18,19). The molecule has 0 aliphatic heterocycles. The largest absolute Gasteiger partial charge is 0.375 e. The molecule has 1 aromatic heterocycles. The molecule has 2 N–H and O–H groups in total. The van der Waals surface area contributed by atoms with E-state index in [4.69, 9.17) is 5.73 Å². The highest BCUT2D eigenvalue weighted by Crippen LogP contribution is 2.32. The number of hydrogen-bond donors (Lipinski definition) is 1. The van der Waals surface area contributed by atoms with E-state index < -0.39 is 0 Å². The van der Waals surface area contributed by atoms with Crippen LogP contribution in [-0.2, 0) is 18.3 Å². The average molecular weight is 288 g/mol. The minimum atomic E-state index is 0.0472. The van der Waals surface area contributed by atoms with Crippen LogP contribution in [0.4, 0.5) is 5.13 Å². The summed E-state index contributed by atoms with van der Waals surface area (Å²) in [5, 5.41) is 0.674. The SMILES string of the molecule is CCCc1ccc(Cc2sc(N)nc2C(C)(C)C)cc1. The van der Waals surface area contributed by atoms with Gasteiger partial charge in [-0.15, -0.1) is 11.3 Å². The average Bonchev–Trinajstić information content (AvgIpc) is 2.73. The quantitative estimate of drug-likeness (QED) is 0.895. The van der Waals surface area contributed by atoms with Crippen LogP contribution >= 0.6 is 11.3 Å². The van der Waals surface area contributed by atoms with Crippen LogP contribution in [0.2, 0.25) is 0 Å². The number of benzene rings is 1. The second-order valence-electron chi connectivity index (χ2n) is 6.32. The highest BCUT2D eigenvalue weighted by molar-refractivity contribution is 7.15. The van der Waals surface area contributed by atoms with Crippen molar-refractivity contribution >= 4 is 16.5 Å². The molecule has 2 aromatic rings. The molecule has 0 aliphatic rings. The van der Waals surface area contributed by atoms with Crippen LogP contribution < -0.4 is 5.73 Å². The van der Waals surface area contributed by atoms with Crippen molar-refractivity contribution < 1.29 is 0 Å². The van der Waals surface area contributed by atoms with Gasteiger partial charge in [0.15, 0.2) is 5.13 Å². The minimum absolute atomic E-state index is 0.0472. The van der Waals surface area contributed by atoms with Crippen LogP contribution in [0.1, 0.15) is 55.8 Å². The Morgan fingerprint density at radius 1 is 1.10 bits per heavy atom. The molecule has 0 spiro atoms. The first-order chi connectivity index (χ1) is 9.40. The van der Waals surface area contributed by atoms with Gasteiger partial charge < -0.3 is 5.73 Å². The summed E-state index contributed by atoms with van der Waals surface area (Å²) in [6.45, 7) is 8.78. The van der Waals surface area contributed by atoms with Gasteiger partial charge in [-0.2, -0.15) is 0 Å². The number of nitrogens with zero attached hydrogens (tertiary/aromatic N) is 1. The van der Waals surface area contributed by atoms with E-state index in [0.29, 0.717) is 5.13 Å². The van der Waals surface area contributed by atoms with Gasteiger partial charge in [0.05, 0.1) is 5.69 Å². The lowest BCUT2D eigenvalue weighted by Gasteiger charge is -2.17. The van der Waals surface area contributed by atoms with Gasteiger partial charge in [0, 0.05) is 16.7 Å². The number of anilines is 1. The Morgan fingerprint density at radius 2 is 1.70 bits per heavy atom. The van der Waals surface area contributed by atoms with Gasteiger partial charge in [-0.1, -0.05) is 58.4 Å². The minimum Gasteiger partial charge on any atom is -0.375 e. The molecule has 3 heteroatoms. The van der Waals surface area contributed by atoms with E-state index in [1.54, 1.807) is 11.3 Å². The number of nitrogens with two attached hydrogens (primary N) is 1. The zero-order valence-electron chi connectivity index (χ0n) is 12.9. The Morgan fingerprint density at radius 3 is 2.25 bits per heavy atom. The molecule has 0 fully saturated rings. The van der Waals surface area contributed by atoms with Crippen molar-refractivity contribution in [2.24, 2.45) is 0 Å². The van der Waals surface area contributed by atoms with Crippen molar-refractivity contribution in [2.45, 2.75) is 52.4 Å². The van der Waals surface area contributed by atoms with Gasteiger partial charge in [-0.05, 0) is 17.5 Å². The summed E-state index contributed by atoms with van der Waals surface area (Å²) in [6.07, 6.45) is 3.27. The zero-order chi connectivity index (χ0) is 14.8. The van der Waals surface area contributed by atoms with Crippen molar-refractivity contribution in [3.05, 3.63) is 46.0 Å². The Labute approximate surface area is 126 Å². The van der Waals surface area contributed by atoms with Crippen LogP contribution in [0.15, 0.2) is 24.3 Å². The van der Waals surface area contributed by atoms with Crippen molar-refractivity contribution in [3.63, 3.8) is 0 Å². The monoisotopic (exact) mass is 288 g/mol. The molecular formula is C17H24N2S. The van der Waals surface area contributed by atoms with Gasteiger partial charge in [-0.3, -0.25) is 0 Å². The van der Waals surface area contributed by atoms with Gasteiger partial charge in [0.1, 0.15) is 0 Å². The van der Waals surface area contributed by atoms with E-state index in [2.05, 4.69) is 56.9 Å². The van der Waals surface area contributed by atoms with Crippen LogP contribution in [-0.4, -0.2) is 4.98 Å². The molecule has 0 saturated heterocycles. The predicted molar refractivity (Wildman–Crippen MR) is 88.5 cm³/mol. The lowest BCUT2D eigenvalue weighted by molar-refractivity contribution is 0.568. The zero-order valence-corrected chi connectivity index (χ0v) is 13.7. The van der Waals surface area contributed by atoms with Crippen LogP contribution in [0.25, 0.3) is 0 Å². The predicted octanol–water partition coefficient (Wildman–Crippen LogP) is 4.57. The molecule has 2 rings (SSSR count). The van der Waals surface area contributed by atoms with E-state index in [1.807, 2.05) is 0 Å². The number of rotatable bonds is 4. The highest BCUT2D eigenvalue weighted by atomic mass is 32.1. The third kappa shape index (κ3) is 3.60. The van der Waals surface area contributed by atoms with Crippen molar-refractivity contribution in [2.75, 3.05) is 5.73 Å². The smallest absolute Gasteiger partial charge is 0.180 e. The number of aryl methyl sites for hydroxylation is 1. The van der Waals surface area contributed by atoms with Crippen molar-refractivity contribution in [1.82, 2.24) is 4.98 Å². The molecule has 0 bridgehead atoms. The lowest BCUT2D eigenvalue weighted by atomic mass is 9.90. The van der Waals surface area contributed by atoms with E-state index in [-0.39, 0.29) is 5.41 Å². The third-order valence-corrected chi connectivity index (χ3v) is 4.24. The van der Waals surface area contributed by atoms with Gasteiger partial charge in [-0.25, -0.2) is 4.98 Å². The lowest BCUT2D eigenvalue weighted by Crippen LogP contribution is -2.14. The summed E-state index contributed by atoms with van der Waals surface area (Å²) >= 11 is 1.62. The Hall–Kier alpha value is -1.35. The van der Waals surface area contributed by atoms with Gasteiger partial charge in [0.2, 0.25) is 0 Å². The summed E-state index contributed by atoms with van der Waals surface area (Å²) in [4.78, 5) is 5.81. The molecule has 108 valence electrons. The van der Waals surface area contributed by atoms with Crippen LogP contribution in [0.5, 0.6) is 0 Å². The normalized spacial score (nSPS) is 11.8. The number of thiazole rings is 1. The fraction of sp³-hybridized carbons (Fsp3) is 0.471. The van der Waals surface area contributed by atoms with Gasteiger partial charge >= 0.3 is 0 Å². The third-order valence-electron chi connectivity index (χ3n) is 3.35. The fourth-order valence-corrected chi connectivity index (χ4v) is 3.45. The number of aromatic nitrogens is 1. The van der Waals surface area contributed by atoms with Crippen molar-refractivity contribution in [1.29, 1.82) is 0 Å². The first-order valence-corrected chi connectivity index (χ1v) is 8.05. The molecule has 1 heterocycles. The fourth-order valence-electron chi connectivity index (χ4n) is 2.37. The highest BCUT2D eigenvalue weighted by Gasteiger charge is 2.22. The molecule has 0 amide bonds. The molecule has 0 unspecified atom stereocenters. The second kappa shape index (κ2) is 5.96. The maximum Gasteiger partial charge on any atom is 0.180 e. The summed E-state index contributed by atoms with van der Waals surface area (Å²) in [5.41, 5.74) is 9.83. The Bertz CT molecular complexity index is 562.